The molecule has 1 aliphatic rings. The van der Waals surface area contributed by atoms with Crippen molar-refractivity contribution in [3.8, 4) is 5.75 Å². The van der Waals surface area contributed by atoms with Crippen LogP contribution >= 0.6 is 0 Å². The molecule has 110 valence electrons. The lowest BCUT2D eigenvalue weighted by molar-refractivity contribution is -0.131. The van der Waals surface area contributed by atoms with Gasteiger partial charge in [-0.15, -0.1) is 0 Å². The number of halogens is 1. The summed E-state index contributed by atoms with van der Waals surface area (Å²) < 4.78 is 18.4. The first-order chi connectivity index (χ1) is 9.65. The summed E-state index contributed by atoms with van der Waals surface area (Å²) >= 11 is 0. The molecule has 2 rings (SSSR count). The van der Waals surface area contributed by atoms with E-state index in [0.717, 1.165) is 5.69 Å². The van der Waals surface area contributed by atoms with Crippen LogP contribution in [0.1, 0.15) is 6.42 Å². The molecular weight excluding hydrogens is 261 g/mol. The second kappa shape index (κ2) is 6.56. The quantitative estimate of drug-likeness (QED) is 0.888. The van der Waals surface area contributed by atoms with Gasteiger partial charge in [0.25, 0.3) is 0 Å². The Morgan fingerprint density at radius 1 is 1.35 bits per heavy atom. The molecule has 0 aliphatic carbocycles. The van der Waals surface area contributed by atoms with Crippen LogP contribution in [0.25, 0.3) is 0 Å². The Morgan fingerprint density at radius 3 is 2.65 bits per heavy atom. The molecule has 1 heterocycles. The van der Waals surface area contributed by atoms with E-state index in [-0.39, 0.29) is 11.7 Å². The average molecular weight is 281 g/mol. The van der Waals surface area contributed by atoms with Gasteiger partial charge in [0, 0.05) is 45.2 Å². The number of anilines is 1. The van der Waals surface area contributed by atoms with E-state index in [4.69, 9.17) is 10.5 Å². The Hall–Kier alpha value is -1.82. The van der Waals surface area contributed by atoms with Crippen molar-refractivity contribution in [2.75, 3.05) is 44.7 Å². The highest BCUT2D eigenvalue weighted by Crippen LogP contribution is 2.29. The van der Waals surface area contributed by atoms with Crippen molar-refractivity contribution in [3.63, 3.8) is 0 Å². The van der Waals surface area contributed by atoms with E-state index >= 15 is 0 Å². The number of carbonyl (C=O) groups excluding carboxylic acids is 1. The van der Waals surface area contributed by atoms with Gasteiger partial charge >= 0.3 is 0 Å². The van der Waals surface area contributed by atoms with E-state index < -0.39 is 0 Å². The lowest BCUT2D eigenvalue weighted by Gasteiger charge is -2.36. The van der Waals surface area contributed by atoms with E-state index in [1.165, 1.54) is 19.2 Å². The number of hydrogen-bond donors (Lipinski definition) is 1. The van der Waals surface area contributed by atoms with Gasteiger partial charge in [-0.25, -0.2) is 4.39 Å². The number of nitrogens with two attached hydrogens (primary N) is 1. The lowest BCUT2D eigenvalue weighted by atomic mass is 10.2. The Labute approximate surface area is 118 Å². The third-order valence-corrected chi connectivity index (χ3v) is 3.47. The molecule has 0 atom stereocenters. The first-order valence-corrected chi connectivity index (χ1v) is 6.72. The van der Waals surface area contributed by atoms with Gasteiger partial charge in [0.15, 0.2) is 0 Å². The number of benzene rings is 1. The molecule has 20 heavy (non-hydrogen) atoms. The molecule has 1 aliphatic heterocycles. The Kier molecular flexibility index (Phi) is 4.79. The number of methoxy groups -OCH3 is 1. The SMILES string of the molecule is COc1cc(F)ccc1N1CCN(C(=O)CCN)CC1. The van der Waals surface area contributed by atoms with Crippen LogP contribution < -0.4 is 15.4 Å². The molecule has 2 N–H and O–H groups in total. The van der Waals surface area contributed by atoms with E-state index in [9.17, 15) is 9.18 Å². The predicted octanol–water partition coefficient (Wildman–Crippen LogP) is 0.832. The summed E-state index contributed by atoms with van der Waals surface area (Å²) in [4.78, 5) is 15.7. The van der Waals surface area contributed by atoms with Crippen LogP contribution in [0.4, 0.5) is 10.1 Å². The minimum Gasteiger partial charge on any atom is -0.494 e. The molecule has 0 unspecified atom stereocenters. The highest BCUT2D eigenvalue weighted by molar-refractivity contribution is 5.76. The molecule has 6 heteroatoms. The maximum atomic E-state index is 13.2. The molecule has 0 bridgehead atoms. The molecule has 0 radical (unpaired) electrons. The number of rotatable bonds is 4. The predicted molar refractivity (Wildman–Crippen MR) is 75.4 cm³/mol. The number of amides is 1. The zero-order valence-electron chi connectivity index (χ0n) is 11.6. The molecular formula is C14H20FN3O2. The minimum atomic E-state index is -0.317. The second-order valence-electron chi connectivity index (χ2n) is 4.72. The van der Waals surface area contributed by atoms with Crippen LogP contribution in [0.3, 0.4) is 0 Å². The molecule has 0 spiro atoms. The van der Waals surface area contributed by atoms with E-state index in [2.05, 4.69) is 4.90 Å². The van der Waals surface area contributed by atoms with Gasteiger partial charge in [-0.3, -0.25) is 4.79 Å². The van der Waals surface area contributed by atoms with Gasteiger partial charge in [0.2, 0.25) is 5.91 Å². The van der Waals surface area contributed by atoms with Crippen molar-refractivity contribution in [3.05, 3.63) is 24.0 Å². The number of nitrogens with zero attached hydrogens (tertiary/aromatic N) is 2. The summed E-state index contributed by atoms with van der Waals surface area (Å²) in [6.45, 7) is 3.10. The van der Waals surface area contributed by atoms with Crippen LogP contribution in [-0.4, -0.2) is 50.6 Å². The average Bonchev–Trinajstić information content (AvgIpc) is 2.47. The van der Waals surface area contributed by atoms with Crippen LogP contribution in [0.15, 0.2) is 18.2 Å². The van der Waals surface area contributed by atoms with Gasteiger partial charge in [-0.1, -0.05) is 0 Å². The Bertz CT molecular complexity index is 473. The fraction of sp³-hybridized carbons (Fsp3) is 0.500. The maximum Gasteiger partial charge on any atom is 0.223 e. The van der Waals surface area contributed by atoms with Crippen molar-refractivity contribution in [2.45, 2.75) is 6.42 Å². The Morgan fingerprint density at radius 2 is 2.05 bits per heavy atom. The zero-order chi connectivity index (χ0) is 14.5. The largest absolute Gasteiger partial charge is 0.494 e. The first kappa shape index (κ1) is 14.6. The highest BCUT2D eigenvalue weighted by atomic mass is 19.1. The van der Waals surface area contributed by atoms with Crippen molar-refractivity contribution in [2.24, 2.45) is 5.73 Å². The second-order valence-corrected chi connectivity index (χ2v) is 4.72. The van der Waals surface area contributed by atoms with Crippen LogP contribution in [-0.2, 0) is 4.79 Å². The zero-order valence-corrected chi connectivity index (χ0v) is 11.6. The van der Waals surface area contributed by atoms with Gasteiger partial charge in [-0.05, 0) is 12.1 Å². The van der Waals surface area contributed by atoms with Crippen LogP contribution in [0, 0.1) is 5.82 Å². The first-order valence-electron chi connectivity index (χ1n) is 6.72. The van der Waals surface area contributed by atoms with Crippen molar-refractivity contribution in [1.29, 1.82) is 0 Å². The summed E-state index contributed by atoms with van der Waals surface area (Å²) in [7, 11) is 1.53. The molecule has 1 amide bonds. The Balaban J connectivity index is 2.02. The smallest absolute Gasteiger partial charge is 0.223 e. The number of ether oxygens (including phenoxy) is 1. The number of hydrogen-bond acceptors (Lipinski definition) is 4. The molecule has 0 aromatic heterocycles. The molecule has 0 saturated carbocycles. The van der Waals surface area contributed by atoms with Crippen molar-refractivity contribution >= 4 is 11.6 Å². The van der Waals surface area contributed by atoms with Gasteiger partial charge in [0.1, 0.15) is 11.6 Å². The van der Waals surface area contributed by atoms with Gasteiger partial charge in [0.05, 0.1) is 12.8 Å². The van der Waals surface area contributed by atoms with Crippen molar-refractivity contribution < 1.29 is 13.9 Å². The third kappa shape index (κ3) is 3.19. The summed E-state index contributed by atoms with van der Waals surface area (Å²) in [6.07, 6.45) is 0.389. The number of piperazine rings is 1. The van der Waals surface area contributed by atoms with Crippen LogP contribution in [0.2, 0.25) is 0 Å². The summed E-state index contributed by atoms with van der Waals surface area (Å²) in [6, 6.07) is 4.51. The molecule has 1 aromatic carbocycles. The van der Waals surface area contributed by atoms with Gasteiger partial charge in [-0.2, -0.15) is 0 Å². The van der Waals surface area contributed by atoms with Gasteiger partial charge < -0.3 is 20.3 Å². The standard InChI is InChI=1S/C14H20FN3O2/c1-20-13-10-11(15)2-3-12(13)17-6-8-18(9-7-17)14(19)4-5-16/h2-3,10H,4-9,16H2,1H3. The lowest BCUT2D eigenvalue weighted by Crippen LogP contribution is -2.49. The summed E-state index contributed by atoms with van der Waals surface area (Å²) in [5, 5.41) is 0. The molecule has 5 nitrogen and oxygen atoms in total. The molecule has 1 aromatic rings. The minimum absolute atomic E-state index is 0.0956. The maximum absolute atomic E-state index is 13.2. The fourth-order valence-electron chi connectivity index (χ4n) is 2.39. The van der Waals surface area contributed by atoms with Crippen LogP contribution in [0.5, 0.6) is 5.75 Å². The van der Waals surface area contributed by atoms with E-state index in [1.807, 2.05) is 4.90 Å². The topological polar surface area (TPSA) is 58.8 Å². The van der Waals surface area contributed by atoms with Crippen molar-refractivity contribution in [1.82, 2.24) is 4.90 Å². The monoisotopic (exact) mass is 281 g/mol. The van der Waals surface area contributed by atoms with E-state index in [0.29, 0.717) is 44.9 Å². The van der Waals surface area contributed by atoms with E-state index in [1.54, 1.807) is 6.07 Å². The molecule has 1 fully saturated rings. The molecule has 1 saturated heterocycles. The fourth-order valence-corrected chi connectivity index (χ4v) is 2.39. The summed E-state index contributed by atoms with van der Waals surface area (Å²) in [5.41, 5.74) is 6.26. The summed E-state index contributed by atoms with van der Waals surface area (Å²) in [5.74, 6) is 0.298. The number of carbonyl (C=O) groups is 1. The normalized spacial score (nSPS) is 15.3. The highest BCUT2D eigenvalue weighted by Gasteiger charge is 2.22. The third-order valence-electron chi connectivity index (χ3n) is 3.47.